The summed E-state index contributed by atoms with van der Waals surface area (Å²) in [5.41, 5.74) is -0.461. The normalized spacial score (nSPS) is 11.1. The number of pyridine rings is 1. The number of aryl methyl sites for hydroxylation is 1. The zero-order valence-electron chi connectivity index (χ0n) is 11.9. The molecule has 0 saturated heterocycles. The van der Waals surface area contributed by atoms with Gasteiger partial charge >= 0.3 is 6.18 Å². The van der Waals surface area contributed by atoms with Crippen molar-refractivity contribution in [1.82, 2.24) is 4.98 Å². The number of alkyl halides is 3. The van der Waals surface area contributed by atoms with Crippen molar-refractivity contribution in [3.8, 4) is 5.75 Å². The van der Waals surface area contributed by atoms with Gasteiger partial charge in [-0.1, -0.05) is 6.07 Å². The summed E-state index contributed by atoms with van der Waals surface area (Å²) < 4.78 is 42.7. The molecule has 1 amide bonds. The van der Waals surface area contributed by atoms with E-state index in [9.17, 15) is 18.0 Å². The molecule has 0 fully saturated rings. The fourth-order valence-corrected chi connectivity index (χ4v) is 1.86. The second-order valence-electron chi connectivity index (χ2n) is 4.51. The van der Waals surface area contributed by atoms with Crippen molar-refractivity contribution in [3.63, 3.8) is 0 Å². The van der Waals surface area contributed by atoms with Gasteiger partial charge in [0.1, 0.15) is 11.4 Å². The largest absolute Gasteiger partial charge is 0.497 e. The number of hydrogen-bond donors (Lipinski definition) is 1. The third-order valence-corrected chi connectivity index (χ3v) is 2.95. The molecule has 1 aromatic heterocycles. The van der Waals surface area contributed by atoms with Crippen LogP contribution in [0.25, 0.3) is 0 Å². The highest BCUT2D eigenvalue weighted by atomic mass is 19.4. The number of methoxy groups -OCH3 is 1. The summed E-state index contributed by atoms with van der Waals surface area (Å²) in [6.07, 6.45) is -4.54. The quantitative estimate of drug-likeness (QED) is 0.941. The number of benzene rings is 1. The first-order chi connectivity index (χ1) is 10.3. The molecule has 0 unspecified atom stereocenters. The van der Waals surface area contributed by atoms with E-state index < -0.39 is 17.8 Å². The molecule has 2 rings (SSSR count). The van der Waals surface area contributed by atoms with Crippen molar-refractivity contribution in [3.05, 3.63) is 53.3 Å². The number of nitrogens with one attached hydrogen (secondary N) is 1. The molecular weight excluding hydrogens is 297 g/mol. The molecule has 0 radical (unpaired) electrons. The minimum absolute atomic E-state index is 0.00946. The molecule has 1 aromatic carbocycles. The van der Waals surface area contributed by atoms with Crippen molar-refractivity contribution < 1.29 is 22.7 Å². The van der Waals surface area contributed by atoms with Crippen LogP contribution in [0.5, 0.6) is 5.75 Å². The molecule has 116 valence electrons. The number of anilines is 1. The molecule has 7 heteroatoms. The summed E-state index contributed by atoms with van der Waals surface area (Å²) in [5.74, 6) is 0.0204. The van der Waals surface area contributed by atoms with E-state index in [1.807, 2.05) is 0 Å². The Labute approximate surface area is 124 Å². The maximum atomic E-state index is 12.6. The number of halogens is 3. The molecular formula is C15H13F3N2O2. The number of hydrogen-bond acceptors (Lipinski definition) is 3. The van der Waals surface area contributed by atoms with E-state index in [2.05, 4.69) is 10.3 Å². The topological polar surface area (TPSA) is 51.2 Å². The molecule has 0 spiro atoms. The van der Waals surface area contributed by atoms with Gasteiger partial charge in [0, 0.05) is 11.8 Å². The molecule has 0 aliphatic heterocycles. The predicted octanol–water partition coefficient (Wildman–Crippen LogP) is 3.67. The van der Waals surface area contributed by atoms with Gasteiger partial charge in [0.15, 0.2) is 0 Å². The molecule has 0 atom stereocenters. The lowest BCUT2D eigenvalue weighted by atomic mass is 10.1. The first-order valence-electron chi connectivity index (χ1n) is 6.31. The molecule has 0 saturated carbocycles. The van der Waals surface area contributed by atoms with Crippen LogP contribution < -0.4 is 10.1 Å². The second kappa shape index (κ2) is 6.05. The van der Waals surface area contributed by atoms with Gasteiger partial charge in [-0.15, -0.1) is 0 Å². The molecule has 0 aliphatic rings. The SMILES string of the molecule is COc1cccc(NC(=O)c2ccc(C(F)(F)F)nc2C)c1. The average Bonchev–Trinajstić information content (AvgIpc) is 2.46. The van der Waals surface area contributed by atoms with Crippen molar-refractivity contribution in [2.75, 3.05) is 12.4 Å². The lowest BCUT2D eigenvalue weighted by Gasteiger charge is -2.11. The first kappa shape index (κ1) is 15.8. The van der Waals surface area contributed by atoms with E-state index in [4.69, 9.17) is 4.74 Å². The number of aromatic nitrogens is 1. The zero-order valence-corrected chi connectivity index (χ0v) is 11.9. The summed E-state index contributed by atoms with van der Waals surface area (Å²) >= 11 is 0. The van der Waals surface area contributed by atoms with Crippen LogP contribution in [-0.4, -0.2) is 18.0 Å². The minimum Gasteiger partial charge on any atom is -0.497 e. The Kier molecular flexibility index (Phi) is 4.35. The van der Waals surface area contributed by atoms with E-state index in [0.29, 0.717) is 11.4 Å². The van der Waals surface area contributed by atoms with Gasteiger partial charge in [0.05, 0.1) is 18.4 Å². The minimum atomic E-state index is -4.54. The zero-order chi connectivity index (χ0) is 16.3. The number of ether oxygens (including phenoxy) is 1. The summed E-state index contributed by atoms with van der Waals surface area (Å²) in [6.45, 7) is 1.36. The third-order valence-electron chi connectivity index (χ3n) is 2.95. The number of carbonyl (C=O) groups excluding carboxylic acids is 1. The molecule has 0 bridgehead atoms. The Bertz CT molecular complexity index is 699. The average molecular weight is 310 g/mol. The molecule has 4 nitrogen and oxygen atoms in total. The fourth-order valence-electron chi connectivity index (χ4n) is 1.86. The fraction of sp³-hybridized carbons (Fsp3) is 0.200. The van der Waals surface area contributed by atoms with Gasteiger partial charge in [-0.05, 0) is 31.2 Å². The van der Waals surface area contributed by atoms with Gasteiger partial charge in [-0.25, -0.2) is 4.98 Å². The highest BCUT2D eigenvalue weighted by Gasteiger charge is 2.33. The van der Waals surface area contributed by atoms with Crippen molar-refractivity contribution in [2.45, 2.75) is 13.1 Å². The number of rotatable bonds is 3. The Morgan fingerprint density at radius 2 is 1.95 bits per heavy atom. The van der Waals surface area contributed by atoms with Crippen LogP contribution in [0, 0.1) is 6.92 Å². The Hall–Kier alpha value is -2.57. The Morgan fingerprint density at radius 1 is 1.23 bits per heavy atom. The smallest absolute Gasteiger partial charge is 0.433 e. The molecule has 2 aromatic rings. The molecule has 1 heterocycles. The van der Waals surface area contributed by atoms with Crippen LogP contribution >= 0.6 is 0 Å². The van der Waals surface area contributed by atoms with Gasteiger partial charge in [-0.2, -0.15) is 13.2 Å². The van der Waals surface area contributed by atoms with Crippen LogP contribution in [0.2, 0.25) is 0 Å². The van der Waals surface area contributed by atoms with Crippen molar-refractivity contribution in [2.24, 2.45) is 0 Å². The summed E-state index contributed by atoms with van der Waals surface area (Å²) in [4.78, 5) is 15.6. The highest BCUT2D eigenvalue weighted by molar-refractivity contribution is 6.05. The monoisotopic (exact) mass is 310 g/mol. The van der Waals surface area contributed by atoms with Gasteiger partial charge in [-0.3, -0.25) is 4.79 Å². The molecule has 0 aliphatic carbocycles. The first-order valence-corrected chi connectivity index (χ1v) is 6.31. The molecule has 1 N–H and O–H groups in total. The van der Waals surface area contributed by atoms with Crippen LogP contribution in [0.15, 0.2) is 36.4 Å². The van der Waals surface area contributed by atoms with Gasteiger partial charge in [0.25, 0.3) is 5.91 Å². The summed E-state index contributed by atoms with van der Waals surface area (Å²) in [7, 11) is 1.49. The lowest BCUT2D eigenvalue weighted by molar-refractivity contribution is -0.141. The summed E-state index contributed by atoms with van der Waals surface area (Å²) in [6, 6.07) is 8.54. The third kappa shape index (κ3) is 3.55. The van der Waals surface area contributed by atoms with E-state index in [1.54, 1.807) is 24.3 Å². The van der Waals surface area contributed by atoms with E-state index in [-0.39, 0.29) is 11.3 Å². The van der Waals surface area contributed by atoms with Crippen LogP contribution in [0.3, 0.4) is 0 Å². The maximum absolute atomic E-state index is 12.6. The Morgan fingerprint density at radius 3 is 2.55 bits per heavy atom. The van der Waals surface area contributed by atoms with Gasteiger partial charge in [0.2, 0.25) is 0 Å². The van der Waals surface area contributed by atoms with Crippen molar-refractivity contribution in [1.29, 1.82) is 0 Å². The predicted molar refractivity (Wildman–Crippen MR) is 74.9 cm³/mol. The lowest BCUT2D eigenvalue weighted by Crippen LogP contribution is -2.16. The second-order valence-corrected chi connectivity index (χ2v) is 4.51. The van der Waals surface area contributed by atoms with Crippen LogP contribution in [0.1, 0.15) is 21.7 Å². The number of amides is 1. The highest BCUT2D eigenvalue weighted by Crippen LogP contribution is 2.28. The Balaban J connectivity index is 2.22. The number of carbonyl (C=O) groups is 1. The van der Waals surface area contributed by atoms with E-state index in [0.717, 1.165) is 12.1 Å². The van der Waals surface area contributed by atoms with Crippen LogP contribution in [0.4, 0.5) is 18.9 Å². The van der Waals surface area contributed by atoms with E-state index >= 15 is 0 Å². The standard InChI is InChI=1S/C15H13F3N2O2/c1-9-12(6-7-13(19-9)15(16,17)18)14(21)20-10-4-3-5-11(8-10)22-2/h3-8H,1-2H3,(H,20,21). The molecule has 22 heavy (non-hydrogen) atoms. The van der Waals surface area contributed by atoms with Crippen molar-refractivity contribution >= 4 is 11.6 Å². The van der Waals surface area contributed by atoms with E-state index in [1.165, 1.54) is 14.0 Å². The van der Waals surface area contributed by atoms with Gasteiger partial charge < -0.3 is 10.1 Å². The summed E-state index contributed by atoms with van der Waals surface area (Å²) in [5, 5.41) is 2.59. The number of nitrogens with zero attached hydrogens (tertiary/aromatic N) is 1. The van der Waals surface area contributed by atoms with Crippen LogP contribution in [-0.2, 0) is 6.18 Å². The maximum Gasteiger partial charge on any atom is 0.433 e.